The molecular weight excluding hydrogens is 402 g/mol. The van der Waals surface area contributed by atoms with Crippen LogP contribution in [0.15, 0.2) is 52.4 Å². The average molecular weight is 434 g/mol. The van der Waals surface area contributed by atoms with E-state index in [4.69, 9.17) is 14.5 Å². The zero-order valence-corrected chi connectivity index (χ0v) is 19.1. The van der Waals surface area contributed by atoms with Crippen molar-refractivity contribution in [3.63, 3.8) is 0 Å². The number of aromatic nitrogens is 2. The topological polar surface area (TPSA) is 65.7 Å². The van der Waals surface area contributed by atoms with E-state index in [0.29, 0.717) is 16.9 Å². The first-order valence-electron chi connectivity index (χ1n) is 11.5. The lowest BCUT2D eigenvalue weighted by molar-refractivity contribution is 0.207. The minimum atomic E-state index is -0.139. The number of methoxy groups -OCH3 is 1. The molecule has 0 N–H and O–H groups in total. The lowest BCUT2D eigenvalue weighted by Crippen LogP contribution is -2.25. The largest absolute Gasteiger partial charge is 0.493 e. The molecule has 168 valence electrons. The molecule has 6 heteroatoms. The van der Waals surface area contributed by atoms with Crippen LogP contribution in [0.4, 0.5) is 0 Å². The molecule has 32 heavy (non-hydrogen) atoms. The molecule has 1 fully saturated rings. The van der Waals surface area contributed by atoms with E-state index in [1.54, 1.807) is 13.3 Å². The second kappa shape index (κ2) is 9.98. The summed E-state index contributed by atoms with van der Waals surface area (Å²) in [4.78, 5) is 18.3. The molecule has 0 saturated heterocycles. The highest BCUT2D eigenvalue weighted by molar-refractivity contribution is 5.85. The molecule has 1 atom stereocenters. The first-order chi connectivity index (χ1) is 15.6. The van der Waals surface area contributed by atoms with Gasteiger partial charge in [-0.15, -0.1) is 0 Å². The van der Waals surface area contributed by atoms with Gasteiger partial charge in [-0.05, 0) is 50.5 Å². The molecule has 0 amide bonds. The summed E-state index contributed by atoms with van der Waals surface area (Å²) in [6, 6.07) is 13.2. The Morgan fingerprint density at radius 3 is 2.69 bits per heavy atom. The molecule has 2 aromatic carbocycles. The predicted molar refractivity (Wildman–Crippen MR) is 128 cm³/mol. The quantitative estimate of drug-likeness (QED) is 0.461. The molecule has 1 saturated carbocycles. The highest BCUT2D eigenvalue weighted by atomic mass is 16.5. The van der Waals surface area contributed by atoms with E-state index < -0.39 is 0 Å². The van der Waals surface area contributed by atoms with Crippen molar-refractivity contribution in [3.05, 3.63) is 64.2 Å². The number of fused-ring (bicyclic) bond motifs is 1. The summed E-state index contributed by atoms with van der Waals surface area (Å²) >= 11 is 0. The van der Waals surface area contributed by atoms with Crippen LogP contribution in [0.25, 0.3) is 10.9 Å². The van der Waals surface area contributed by atoms with Crippen molar-refractivity contribution in [1.29, 1.82) is 0 Å². The summed E-state index contributed by atoms with van der Waals surface area (Å²) in [7, 11) is 1.62. The van der Waals surface area contributed by atoms with Gasteiger partial charge in [-0.1, -0.05) is 44.4 Å². The van der Waals surface area contributed by atoms with Crippen LogP contribution in [0.2, 0.25) is 0 Å². The summed E-state index contributed by atoms with van der Waals surface area (Å²) in [5.41, 5.74) is 1.35. The number of rotatable bonds is 7. The monoisotopic (exact) mass is 433 g/mol. The molecule has 1 aliphatic rings. The third-order valence-electron chi connectivity index (χ3n) is 6.18. The van der Waals surface area contributed by atoms with Gasteiger partial charge in [-0.3, -0.25) is 4.79 Å². The highest BCUT2D eigenvalue weighted by Gasteiger charge is 2.22. The van der Waals surface area contributed by atoms with Gasteiger partial charge in [-0.25, -0.2) is 4.98 Å². The second-order valence-corrected chi connectivity index (χ2v) is 8.40. The molecule has 1 heterocycles. The molecule has 4 rings (SSSR count). The van der Waals surface area contributed by atoms with Crippen LogP contribution < -0.4 is 15.0 Å². The van der Waals surface area contributed by atoms with Crippen molar-refractivity contribution in [1.82, 2.24) is 9.66 Å². The summed E-state index contributed by atoms with van der Waals surface area (Å²) in [5, 5.41) is 5.23. The maximum absolute atomic E-state index is 13.4. The summed E-state index contributed by atoms with van der Waals surface area (Å²) in [5.74, 6) is 2.26. The SMILES string of the molecule is CC[C@H](C)Oc1c(C=Nn2c(C3CCCCC3)nc3ccccc3c2=O)cccc1OC. The maximum Gasteiger partial charge on any atom is 0.282 e. The van der Waals surface area contributed by atoms with Crippen LogP contribution in [-0.4, -0.2) is 29.1 Å². The Labute approximate surface area is 188 Å². The van der Waals surface area contributed by atoms with E-state index in [0.717, 1.165) is 49.0 Å². The third kappa shape index (κ3) is 4.54. The zero-order valence-electron chi connectivity index (χ0n) is 19.1. The molecular formula is C26H31N3O3. The Balaban J connectivity index is 1.82. The number of nitrogens with zero attached hydrogens (tertiary/aromatic N) is 3. The van der Waals surface area contributed by atoms with Crippen LogP contribution in [-0.2, 0) is 0 Å². The Bertz CT molecular complexity index is 1160. The first-order valence-corrected chi connectivity index (χ1v) is 11.5. The third-order valence-corrected chi connectivity index (χ3v) is 6.18. The number of hydrogen-bond donors (Lipinski definition) is 0. The van der Waals surface area contributed by atoms with Gasteiger partial charge in [-0.2, -0.15) is 9.78 Å². The van der Waals surface area contributed by atoms with Crippen LogP contribution >= 0.6 is 0 Å². The summed E-state index contributed by atoms with van der Waals surface area (Å²) < 4.78 is 13.1. The van der Waals surface area contributed by atoms with E-state index >= 15 is 0 Å². The molecule has 1 aromatic heterocycles. The molecule has 3 aromatic rings. The van der Waals surface area contributed by atoms with Crippen molar-refractivity contribution in [2.45, 2.75) is 64.4 Å². The molecule has 1 aliphatic carbocycles. The molecule has 0 aliphatic heterocycles. The van der Waals surface area contributed by atoms with Gasteiger partial charge in [0.15, 0.2) is 11.5 Å². The molecule has 0 radical (unpaired) electrons. The fourth-order valence-electron chi connectivity index (χ4n) is 4.20. The molecule has 0 bridgehead atoms. The van der Waals surface area contributed by atoms with E-state index in [9.17, 15) is 4.79 Å². The van der Waals surface area contributed by atoms with E-state index in [1.807, 2.05) is 49.4 Å². The van der Waals surface area contributed by atoms with Crippen molar-refractivity contribution in [2.75, 3.05) is 7.11 Å². The Morgan fingerprint density at radius 2 is 1.94 bits per heavy atom. The Kier molecular flexibility index (Phi) is 6.88. The van der Waals surface area contributed by atoms with Gasteiger partial charge in [0.05, 0.1) is 30.3 Å². The average Bonchev–Trinajstić information content (AvgIpc) is 2.84. The smallest absolute Gasteiger partial charge is 0.282 e. The van der Waals surface area contributed by atoms with Crippen molar-refractivity contribution in [3.8, 4) is 11.5 Å². The second-order valence-electron chi connectivity index (χ2n) is 8.40. The van der Waals surface area contributed by atoms with E-state index in [-0.39, 0.29) is 17.6 Å². The molecule has 0 unspecified atom stereocenters. The molecule has 6 nitrogen and oxygen atoms in total. The zero-order chi connectivity index (χ0) is 22.5. The predicted octanol–water partition coefficient (Wildman–Crippen LogP) is 5.51. The number of hydrogen-bond acceptors (Lipinski definition) is 5. The van der Waals surface area contributed by atoms with E-state index in [2.05, 4.69) is 12.0 Å². The van der Waals surface area contributed by atoms with Crippen LogP contribution in [0, 0.1) is 0 Å². The Morgan fingerprint density at radius 1 is 1.16 bits per heavy atom. The highest BCUT2D eigenvalue weighted by Crippen LogP contribution is 2.33. The Hall–Kier alpha value is -3.15. The maximum atomic E-state index is 13.4. The lowest BCUT2D eigenvalue weighted by atomic mass is 9.88. The van der Waals surface area contributed by atoms with Gasteiger partial charge in [0.2, 0.25) is 0 Å². The van der Waals surface area contributed by atoms with Crippen molar-refractivity contribution >= 4 is 17.1 Å². The summed E-state index contributed by atoms with van der Waals surface area (Å²) in [6.45, 7) is 4.09. The van der Waals surface area contributed by atoms with Crippen LogP contribution in [0.5, 0.6) is 11.5 Å². The number of para-hydroxylation sites is 2. The number of benzene rings is 2. The minimum Gasteiger partial charge on any atom is -0.493 e. The van der Waals surface area contributed by atoms with Gasteiger partial charge in [0.1, 0.15) is 5.82 Å². The van der Waals surface area contributed by atoms with E-state index in [1.165, 1.54) is 11.1 Å². The first kappa shape index (κ1) is 22.1. The van der Waals surface area contributed by atoms with Crippen molar-refractivity contribution in [2.24, 2.45) is 5.10 Å². The van der Waals surface area contributed by atoms with Gasteiger partial charge >= 0.3 is 0 Å². The van der Waals surface area contributed by atoms with Crippen molar-refractivity contribution < 1.29 is 9.47 Å². The fourth-order valence-corrected chi connectivity index (χ4v) is 4.20. The normalized spacial score (nSPS) is 15.8. The summed E-state index contributed by atoms with van der Waals surface area (Å²) in [6.07, 6.45) is 8.18. The molecule has 0 spiro atoms. The lowest BCUT2D eigenvalue weighted by Gasteiger charge is -2.23. The van der Waals surface area contributed by atoms with Gasteiger partial charge < -0.3 is 9.47 Å². The fraction of sp³-hybridized carbons (Fsp3) is 0.423. The van der Waals surface area contributed by atoms with Crippen LogP contribution in [0.3, 0.4) is 0 Å². The van der Waals surface area contributed by atoms with Crippen LogP contribution in [0.1, 0.15) is 69.7 Å². The minimum absolute atomic E-state index is 0.0290. The number of ether oxygens (including phenoxy) is 2. The standard InChI is InChI=1S/C26H31N3O3/c1-4-18(2)32-24-20(13-10-16-23(24)31-3)17-27-29-25(19-11-6-5-7-12-19)28-22-15-9-8-14-21(22)26(29)30/h8-10,13-19H,4-7,11-12H2,1-3H3/t18-/m0/s1. The van der Waals surface area contributed by atoms with Gasteiger partial charge in [0, 0.05) is 11.5 Å². The van der Waals surface area contributed by atoms with Gasteiger partial charge in [0.25, 0.3) is 5.56 Å².